The van der Waals surface area contributed by atoms with E-state index in [4.69, 9.17) is 11.6 Å². The van der Waals surface area contributed by atoms with Crippen LogP contribution in [0.15, 0.2) is 47.5 Å². The number of benzene rings is 2. The molecule has 1 N–H and O–H groups in total. The first-order valence-corrected chi connectivity index (χ1v) is 8.04. The monoisotopic (exact) mass is 327 g/mol. The van der Waals surface area contributed by atoms with E-state index in [0.29, 0.717) is 16.5 Å². The van der Waals surface area contributed by atoms with Gasteiger partial charge in [-0.05, 0) is 36.8 Å². The van der Waals surface area contributed by atoms with Crippen LogP contribution in [0.25, 0.3) is 11.0 Å². The molecule has 3 rings (SSSR count). The summed E-state index contributed by atoms with van der Waals surface area (Å²) in [6.45, 7) is 3.03. The Morgan fingerprint density at radius 1 is 1.26 bits per heavy atom. The average Bonchev–Trinajstić information content (AvgIpc) is 2.91. The van der Waals surface area contributed by atoms with Gasteiger partial charge in [-0.15, -0.1) is 0 Å². The molecule has 0 aliphatic rings. The molecule has 23 heavy (non-hydrogen) atoms. The molecular weight excluding hydrogens is 310 g/mol. The molecule has 0 saturated heterocycles. The van der Waals surface area contributed by atoms with Crippen molar-refractivity contribution in [3.8, 4) is 5.75 Å². The lowest BCUT2D eigenvalue weighted by Crippen LogP contribution is -1.97. The van der Waals surface area contributed by atoms with Crippen molar-refractivity contribution in [3.05, 3.63) is 53.1 Å². The zero-order chi connectivity index (χ0) is 16.2. The van der Waals surface area contributed by atoms with E-state index in [-0.39, 0.29) is 5.75 Å². The fourth-order valence-electron chi connectivity index (χ4n) is 2.45. The van der Waals surface area contributed by atoms with Crippen LogP contribution < -0.4 is 0 Å². The fourth-order valence-corrected chi connectivity index (χ4v) is 2.63. The smallest absolute Gasteiger partial charge is 0.230 e. The van der Waals surface area contributed by atoms with Crippen LogP contribution in [-0.4, -0.2) is 20.9 Å². The van der Waals surface area contributed by atoms with Crippen molar-refractivity contribution in [3.63, 3.8) is 0 Å². The molecule has 0 bridgehead atoms. The number of phenols is 1. The molecule has 0 spiro atoms. The SMILES string of the molecule is CCCCn1c(N=Cc2cc(Cl)ccc2O)nc2ccccc21. The highest BCUT2D eigenvalue weighted by Gasteiger charge is 2.09. The van der Waals surface area contributed by atoms with E-state index in [0.717, 1.165) is 30.4 Å². The summed E-state index contributed by atoms with van der Waals surface area (Å²) in [6, 6.07) is 12.9. The van der Waals surface area contributed by atoms with Gasteiger partial charge in [0.25, 0.3) is 0 Å². The summed E-state index contributed by atoms with van der Waals surface area (Å²) < 4.78 is 2.11. The Bertz CT molecular complexity index is 855. The molecular formula is C18H18ClN3O. The van der Waals surface area contributed by atoms with Crippen molar-refractivity contribution >= 4 is 34.8 Å². The number of nitrogens with zero attached hydrogens (tertiary/aromatic N) is 3. The number of aliphatic imine (C=N–C) groups is 1. The number of hydrogen-bond acceptors (Lipinski definition) is 3. The number of phenolic OH excluding ortho intramolecular Hbond substituents is 1. The molecule has 0 aliphatic carbocycles. The molecule has 0 saturated carbocycles. The number of para-hydroxylation sites is 2. The minimum absolute atomic E-state index is 0.148. The van der Waals surface area contributed by atoms with Crippen LogP contribution >= 0.6 is 11.6 Å². The molecule has 0 atom stereocenters. The molecule has 0 fully saturated rings. The predicted molar refractivity (Wildman–Crippen MR) is 95.0 cm³/mol. The summed E-state index contributed by atoms with van der Waals surface area (Å²) in [5.74, 6) is 0.786. The summed E-state index contributed by atoms with van der Waals surface area (Å²) in [4.78, 5) is 9.06. The Morgan fingerprint density at radius 2 is 2.09 bits per heavy atom. The average molecular weight is 328 g/mol. The minimum atomic E-state index is 0.148. The van der Waals surface area contributed by atoms with E-state index < -0.39 is 0 Å². The zero-order valence-electron chi connectivity index (χ0n) is 12.9. The molecule has 118 valence electrons. The Labute approximate surface area is 140 Å². The molecule has 3 aromatic rings. The number of imidazole rings is 1. The highest BCUT2D eigenvalue weighted by atomic mass is 35.5. The predicted octanol–water partition coefficient (Wildman–Crippen LogP) is 4.95. The maximum absolute atomic E-state index is 9.89. The van der Waals surface area contributed by atoms with Gasteiger partial charge in [-0.2, -0.15) is 0 Å². The van der Waals surface area contributed by atoms with Crippen molar-refractivity contribution in [1.29, 1.82) is 0 Å². The Balaban J connectivity index is 2.01. The van der Waals surface area contributed by atoms with Crippen LogP contribution in [-0.2, 0) is 6.54 Å². The Kier molecular flexibility index (Phi) is 4.63. The quantitative estimate of drug-likeness (QED) is 0.674. The van der Waals surface area contributed by atoms with Gasteiger partial charge in [-0.1, -0.05) is 37.1 Å². The maximum Gasteiger partial charge on any atom is 0.230 e. The highest BCUT2D eigenvalue weighted by Crippen LogP contribution is 2.24. The van der Waals surface area contributed by atoms with Crippen LogP contribution in [0.1, 0.15) is 25.3 Å². The Morgan fingerprint density at radius 3 is 2.91 bits per heavy atom. The number of halogens is 1. The van der Waals surface area contributed by atoms with E-state index in [9.17, 15) is 5.11 Å². The third kappa shape index (κ3) is 3.37. The first-order chi connectivity index (χ1) is 11.2. The third-order valence-corrected chi connectivity index (χ3v) is 3.91. The number of rotatable bonds is 5. The van der Waals surface area contributed by atoms with Gasteiger partial charge in [-0.25, -0.2) is 9.98 Å². The van der Waals surface area contributed by atoms with Gasteiger partial charge in [0.05, 0.1) is 11.0 Å². The summed E-state index contributed by atoms with van der Waals surface area (Å²) in [7, 11) is 0. The largest absolute Gasteiger partial charge is 0.507 e. The van der Waals surface area contributed by atoms with Crippen LogP contribution in [0.5, 0.6) is 5.75 Å². The van der Waals surface area contributed by atoms with E-state index >= 15 is 0 Å². The van der Waals surface area contributed by atoms with Crippen molar-refractivity contribution < 1.29 is 5.11 Å². The van der Waals surface area contributed by atoms with Crippen LogP contribution in [0.2, 0.25) is 5.02 Å². The van der Waals surface area contributed by atoms with Gasteiger partial charge in [0.2, 0.25) is 5.95 Å². The van der Waals surface area contributed by atoms with Crippen molar-refractivity contribution in [2.45, 2.75) is 26.3 Å². The molecule has 0 aliphatic heterocycles. The van der Waals surface area contributed by atoms with Crippen LogP contribution in [0.3, 0.4) is 0 Å². The third-order valence-electron chi connectivity index (χ3n) is 3.68. The number of aryl methyl sites for hydroxylation is 1. The molecule has 1 aromatic heterocycles. The van der Waals surface area contributed by atoms with E-state index in [1.165, 1.54) is 0 Å². The fraction of sp³-hybridized carbons (Fsp3) is 0.222. The van der Waals surface area contributed by atoms with Gasteiger partial charge >= 0.3 is 0 Å². The lowest BCUT2D eigenvalue weighted by atomic mass is 10.2. The van der Waals surface area contributed by atoms with Crippen molar-refractivity contribution in [2.75, 3.05) is 0 Å². The summed E-state index contributed by atoms with van der Waals surface area (Å²) in [6.07, 6.45) is 3.76. The normalized spacial score (nSPS) is 11.6. The molecule has 0 amide bonds. The van der Waals surface area contributed by atoms with Gasteiger partial charge < -0.3 is 9.67 Å². The van der Waals surface area contributed by atoms with Gasteiger partial charge in [0.15, 0.2) is 0 Å². The highest BCUT2D eigenvalue weighted by molar-refractivity contribution is 6.30. The molecule has 5 heteroatoms. The molecule has 4 nitrogen and oxygen atoms in total. The second-order valence-corrected chi connectivity index (χ2v) is 5.80. The lowest BCUT2D eigenvalue weighted by molar-refractivity contribution is 0.474. The number of hydrogen-bond donors (Lipinski definition) is 1. The lowest BCUT2D eigenvalue weighted by Gasteiger charge is -2.05. The Hall–Kier alpha value is -2.33. The van der Waals surface area contributed by atoms with E-state index in [1.807, 2.05) is 24.3 Å². The standard InChI is InChI=1S/C18H18ClN3O/c1-2-3-10-22-16-7-5-4-6-15(16)21-18(22)20-12-13-11-14(19)8-9-17(13)23/h4-9,11-12,23H,2-3,10H2,1H3. The van der Waals surface area contributed by atoms with Gasteiger partial charge in [0, 0.05) is 23.3 Å². The van der Waals surface area contributed by atoms with Gasteiger partial charge in [-0.3, -0.25) is 0 Å². The molecule has 0 unspecified atom stereocenters. The van der Waals surface area contributed by atoms with Gasteiger partial charge in [0.1, 0.15) is 5.75 Å². The molecule has 0 radical (unpaired) electrons. The first-order valence-electron chi connectivity index (χ1n) is 7.67. The summed E-state index contributed by atoms with van der Waals surface area (Å²) >= 11 is 5.97. The first kappa shape index (κ1) is 15.6. The van der Waals surface area contributed by atoms with E-state index in [1.54, 1.807) is 24.4 Å². The number of aromatic nitrogens is 2. The second-order valence-electron chi connectivity index (χ2n) is 5.37. The zero-order valence-corrected chi connectivity index (χ0v) is 13.7. The molecule has 1 heterocycles. The minimum Gasteiger partial charge on any atom is -0.507 e. The number of aromatic hydroxyl groups is 1. The number of fused-ring (bicyclic) bond motifs is 1. The topological polar surface area (TPSA) is 50.4 Å². The maximum atomic E-state index is 9.89. The van der Waals surface area contributed by atoms with Crippen molar-refractivity contribution in [2.24, 2.45) is 4.99 Å². The summed E-state index contributed by atoms with van der Waals surface area (Å²) in [5.41, 5.74) is 2.57. The number of unbranched alkanes of at least 4 members (excludes halogenated alkanes) is 1. The van der Waals surface area contributed by atoms with Crippen LogP contribution in [0, 0.1) is 0 Å². The van der Waals surface area contributed by atoms with E-state index in [2.05, 4.69) is 21.5 Å². The van der Waals surface area contributed by atoms with Crippen LogP contribution in [0.4, 0.5) is 5.95 Å². The molecule has 2 aromatic carbocycles. The summed E-state index contributed by atoms with van der Waals surface area (Å²) in [5, 5.41) is 10.4. The van der Waals surface area contributed by atoms with Crippen molar-refractivity contribution in [1.82, 2.24) is 9.55 Å². The second kappa shape index (κ2) is 6.84.